The van der Waals surface area contributed by atoms with E-state index in [2.05, 4.69) is 10.2 Å². The molecule has 98 valence electrons. The van der Waals surface area contributed by atoms with Gasteiger partial charge in [-0.2, -0.15) is 10.2 Å². The molecule has 0 aliphatic rings. The van der Waals surface area contributed by atoms with Crippen molar-refractivity contribution in [3.63, 3.8) is 0 Å². The summed E-state index contributed by atoms with van der Waals surface area (Å²) in [5, 5.41) is 19.2. The first kappa shape index (κ1) is 13.1. The molecule has 0 saturated heterocycles. The Hall–Kier alpha value is -1.33. The molecule has 5 nitrogen and oxygen atoms in total. The lowest BCUT2D eigenvalue weighted by molar-refractivity contribution is 0.178. The van der Waals surface area contributed by atoms with E-state index in [4.69, 9.17) is 11.6 Å². The van der Waals surface area contributed by atoms with E-state index >= 15 is 0 Å². The zero-order valence-corrected chi connectivity index (χ0v) is 11.5. The van der Waals surface area contributed by atoms with Crippen molar-refractivity contribution in [2.24, 2.45) is 7.05 Å². The highest BCUT2D eigenvalue weighted by Crippen LogP contribution is 2.25. The van der Waals surface area contributed by atoms with Gasteiger partial charge in [0.05, 0.1) is 18.0 Å². The first-order valence-corrected chi connectivity index (χ1v) is 6.29. The van der Waals surface area contributed by atoms with Crippen LogP contribution in [0, 0.1) is 6.92 Å². The van der Waals surface area contributed by atoms with Gasteiger partial charge in [0.15, 0.2) is 0 Å². The number of aliphatic hydroxyl groups excluding tert-OH is 1. The third kappa shape index (κ3) is 2.42. The fourth-order valence-electron chi connectivity index (χ4n) is 1.94. The molecule has 0 aliphatic heterocycles. The normalized spacial score (nSPS) is 12.9. The van der Waals surface area contributed by atoms with Gasteiger partial charge < -0.3 is 5.11 Å². The standard InChI is InChI=1S/C12H17ClN4O/c1-4-17-7-9(6-14-17)11(18)5-10-8(2)15-16(3)12(10)13/h6-7,11,18H,4-5H2,1-3H3. The molecule has 0 aromatic carbocycles. The number of nitrogens with zero attached hydrogens (tertiary/aromatic N) is 4. The van der Waals surface area contributed by atoms with Crippen molar-refractivity contribution >= 4 is 11.6 Å². The molecule has 1 unspecified atom stereocenters. The minimum atomic E-state index is -0.606. The minimum absolute atomic E-state index is 0.452. The zero-order valence-electron chi connectivity index (χ0n) is 10.8. The summed E-state index contributed by atoms with van der Waals surface area (Å²) in [4.78, 5) is 0. The Kier molecular flexibility index (Phi) is 3.73. The average molecular weight is 269 g/mol. The Labute approximate surface area is 111 Å². The molecule has 6 heteroatoms. The third-order valence-electron chi connectivity index (χ3n) is 3.03. The lowest BCUT2D eigenvalue weighted by Crippen LogP contribution is -2.02. The second-order valence-corrected chi connectivity index (χ2v) is 4.69. The van der Waals surface area contributed by atoms with Crippen LogP contribution in [0.4, 0.5) is 0 Å². The van der Waals surface area contributed by atoms with Crippen molar-refractivity contribution in [2.45, 2.75) is 32.9 Å². The number of aliphatic hydroxyl groups is 1. The lowest BCUT2D eigenvalue weighted by Gasteiger charge is -2.08. The lowest BCUT2D eigenvalue weighted by atomic mass is 10.1. The van der Waals surface area contributed by atoms with Gasteiger partial charge >= 0.3 is 0 Å². The monoisotopic (exact) mass is 268 g/mol. The Morgan fingerprint density at radius 3 is 2.72 bits per heavy atom. The maximum atomic E-state index is 10.2. The molecule has 1 atom stereocenters. The van der Waals surface area contributed by atoms with E-state index in [1.807, 2.05) is 20.0 Å². The van der Waals surface area contributed by atoms with Crippen LogP contribution in [-0.4, -0.2) is 24.7 Å². The van der Waals surface area contributed by atoms with Crippen molar-refractivity contribution in [3.8, 4) is 0 Å². The number of rotatable bonds is 4. The SMILES string of the molecule is CCn1cc(C(O)Cc2c(C)nn(C)c2Cl)cn1. The number of halogens is 1. The average Bonchev–Trinajstić information content (AvgIpc) is 2.90. The van der Waals surface area contributed by atoms with Crippen LogP contribution in [0.1, 0.15) is 29.8 Å². The first-order valence-electron chi connectivity index (χ1n) is 5.91. The Bertz CT molecular complexity index is 546. The molecule has 0 bridgehead atoms. The molecule has 0 fully saturated rings. The molecule has 18 heavy (non-hydrogen) atoms. The number of hydrogen-bond acceptors (Lipinski definition) is 3. The molecule has 2 heterocycles. The highest BCUT2D eigenvalue weighted by molar-refractivity contribution is 6.30. The van der Waals surface area contributed by atoms with E-state index in [0.717, 1.165) is 23.4 Å². The van der Waals surface area contributed by atoms with Gasteiger partial charge in [0.1, 0.15) is 5.15 Å². The van der Waals surface area contributed by atoms with Crippen molar-refractivity contribution in [2.75, 3.05) is 0 Å². The maximum absolute atomic E-state index is 10.2. The highest BCUT2D eigenvalue weighted by Gasteiger charge is 2.17. The van der Waals surface area contributed by atoms with Gasteiger partial charge in [-0.15, -0.1) is 0 Å². The van der Waals surface area contributed by atoms with Crippen molar-refractivity contribution in [1.82, 2.24) is 19.6 Å². The van der Waals surface area contributed by atoms with Crippen LogP contribution < -0.4 is 0 Å². The van der Waals surface area contributed by atoms with Crippen LogP contribution in [0.25, 0.3) is 0 Å². The molecule has 2 aromatic heterocycles. The van der Waals surface area contributed by atoms with E-state index < -0.39 is 6.10 Å². The van der Waals surface area contributed by atoms with Crippen molar-refractivity contribution in [3.05, 3.63) is 34.4 Å². The van der Waals surface area contributed by atoms with E-state index in [-0.39, 0.29) is 0 Å². The molecule has 0 radical (unpaired) electrons. The molecular formula is C12H17ClN4O. The quantitative estimate of drug-likeness (QED) is 0.921. The maximum Gasteiger partial charge on any atom is 0.130 e. The second-order valence-electron chi connectivity index (χ2n) is 4.33. The highest BCUT2D eigenvalue weighted by atomic mass is 35.5. The summed E-state index contributed by atoms with van der Waals surface area (Å²) in [5.41, 5.74) is 2.54. The Balaban J connectivity index is 2.18. The predicted octanol–water partition coefficient (Wildman–Crippen LogP) is 1.87. The Morgan fingerprint density at radius 2 is 2.22 bits per heavy atom. The summed E-state index contributed by atoms with van der Waals surface area (Å²) >= 11 is 6.15. The number of aryl methyl sites for hydroxylation is 3. The number of hydrogen-bond donors (Lipinski definition) is 1. The zero-order chi connectivity index (χ0) is 13.3. The van der Waals surface area contributed by atoms with E-state index in [1.165, 1.54) is 0 Å². The molecule has 0 spiro atoms. The molecule has 2 rings (SSSR count). The summed E-state index contributed by atoms with van der Waals surface area (Å²) in [7, 11) is 1.79. The van der Waals surface area contributed by atoms with Crippen LogP contribution in [0.2, 0.25) is 5.15 Å². The summed E-state index contributed by atoms with van der Waals surface area (Å²) in [6.07, 6.45) is 3.39. The third-order valence-corrected chi connectivity index (χ3v) is 3.50. The second kappa shape index (κ2) is 5.12. The van der Waals surface area contributed by atoms with Crippen LogP contribution in [0.15, 0.2) is 12.4 Å². The van der Waals surface area contributed by atoms with Gasteiger partial charge in [-0.05, 0) is 13.8 Å². The molecule has 0 amide bonds. The van der Waals surface area contributed by atoms with Gasteiger partial charge in [-0.3, -0.25) is 9.36 Å². The molecule has 1 N–H and O–H groups in total. The van der Waals surface area contributed by atoms with E-state index in [0.29, 0.717) is 11.6 Å². The predicted molar refractivity (Wildman–Crippen MR) is 69.5 cm³/mol. The smallest absolute Gasteiger partial charge is 0.130 e. The van der Waals surface area contributed by atoms with Crippen molar-refractivity contribution < 1.29 is 5.11 Å². The fourth-order valence-corrected chi connectivity index (χ4v) is 2.19. The largest absolute Gasteiger partial charge is 0.388 e. The summed E-state index contributed by atoms with van der Waals surface area (Å²) in [5.74, 6) is 0. The molecule has 2 aromatic rings. The Morgan fingerprint density at radius 1 is 1.50 bits per heavy atom. The molecule has 0 aliphatic carbocycles. The molecule has 0 saturated carbocycles. The summed E-state index contributed by atoms with van der Waals surface area (Å²) in [6, 6.07) is 0. The molecular weight excluding hydrogens is 252 g/mol. The van der Waals surface area contributed by atoms with E-state index in [9.17, 15) is 5.11 Å². The minimum Gasteiger partial charge on any atom is -0.388 e. The van der Waals surface area contributed by atoms with Gasteiger partial charge in [0.25, 0.3) is 0 Å². The fraction of sp³-hybridized carbons (Fsp3) is 0.500. The van der Waals surface area contributed by atoms with Gasteiger partial charge in [0, 0.05) is 37.3 Å². The topological polar surface area (TPSA) is 55.9 Å². The van der Waals surface area contributed by atoms with Crippen molar-refractivity contribution in [1.29, 1.82) is 0 Å². The van der Waals surface area contributed by atoms with E-state index in [1.54, 1.807) is 22.6 Å². The number of aromatic nitrogens is 4. The van der Waals surface area contributed by atoms with Gasteiger partial charge in [-0.1, -0.05) is 11.6 Å². The van der Waals surface area contributed by atoms with Crippen LogP contribution in [0.3, 0.4) is 0 Å². The van der Waals surface area contributed by atoms with Crippen LogP contribution >= 0.6 is 11.6 Å². The summed E-state index contributed by atoms with van der Waals surface area (Å²) in [6.45, 7) is 4.69. The van der Waals surface area contributed by atoms with Gasteiger partial charge in [-0.25, -0.2) is 0 Å². The first-order chi connectivity index (χ1) is 8.52. The van der Waals surface area contributed by atoms with Crippen LogP contribution in [0.5, 0.6) is 0 Å². The van der Waals surface area contributed by atoms with Crippen LogP contribution in [-0.2, 0) is 20.0 Å². The summed E-state index contributed by atoms with van der Waals surface area (Å²) < 4.78 is 3.41. The van der Waals surface area contributed by atoms with Gasteiger partial charge in [0.2, 0.25) is 0 Å².